The Kier molecular flexibility index (Phi) is 4.77. The van der Waals surface area contributed by atoms with Crippen molar-refractivity contribution in [3.8, 4) is 11.3 Å². The van der Waals surface area contributed by atoms with Crippen LogP contribution in [0.2, 0.25) is 0 Å². The predicted molar refractivity (Wildman–Crippen MR) is 137 cm³/mol. The summed E-state index contributed by atoms with van der Waals surface area (Å²) >= 11 is 5.40. The van der Waals surface area contributed by atoms with Crippen molar-refractivity contribution in [1.29, 1.82) is 0 Å². The molecule has 0 N–H and O–H groups in total. The SMILES string of the molecule is C=CSc1ccc(-c2nccc3sc4ccc5c(C)csc5c4c23)cc1C(C)(C)C. The molecule has 0 bridgehead atoms. The number of hydrogen-bond donors (Lipinski definition) is 0. The zero-order chi connectivity index (χ0) is 21.0. The van der Waals surface area contributed by atoms with Gasteiger partial charge in [0.05, 0.1) is 5.69 Å². The molecule has 0 aliphatic rings. The molecule has 150 valence electrons. The van der Waals surface area contributed by atoms with Gasteiger partial charge in [0, 0.05) is 41.5 Å². The number of benzene rings is 2. The van der Waals surface area contributed by atoms with E-state index in [1.807, 2.05) is 34.3 Å². The van der Waals surface area contributed by atoms with Gasteiger partial charge in [-0.05, 0) is 63.9 Å². The second-order valence-electron chi connectivity index (χ2n) is 8.61. The van der Waals surface area contributed by atoms with Crippen molar-refractivity contribution in [1.82, 2.24) is 4.98 Å². The first kappa shape index (κ1) is 19.8. The highest BCUT2D eigenvalue weighted by molar-refractivity contribution is 8.02. The number of nitrogens with zero attached hydrogens (tertiary/aromatic N) is 1. The summed E-state index contributed by atoms with van der Waals surface area (Å²) in [6, 6.07) is 13.5. The molecule has 0 aliphatic heterocycles. The minimum atomic E-state index is 0.0457. The Hall–Kier alpha value is -2.14. The maximum absolute atomic E-state index is 4.90. The lowest BCUT2D eigenvalue weighted by molar-refractivity contribution is 0.578. The van der Waals surface area contributed by atoms with Crippen molar-refractivity contribution in [3.05, 3.63) is 71.1 Å². The summed E-state index contributed by atoms with van der Waals surface area (Å²) in [6.45, 7) is 12.9. The molecule has 0 saturated heterocycles. The highest BCUT2D eigenvalue weighted by Crippen LogP contribution is 2.45. The smallest absolute Gasteiger partial charge is 0.0795 e. The minimum absolute atomic E-state index is 0.0457. The quantitative estimate of drug-likeness (QED) is 0.257. The Balaban J connectivity index is 1.85. The first-order chi connectivity index (χ1) is 14.4. The summed E-state index contributed by atoms with van der Waals surface area (Å²) in [5, 5.41) is 8.17. The highest BCUT2D eigenvalue weighted by atomic mass is 32.2. The third-order valence-corrected chi connectivity index (χ3v) is 8.58. The first-order valence-electron chi connectivity index (χ1n) is 9.99. The van der Waals surface area contributed by atoms with E-state index in [-0.39, 0.29) is 5.41 Å². The van der Waals surface area contributed by atoms with E-state index in [4.69, 9.17) is 4.98 Å². The lowest BCUT2D eigenvalue weighted by atomic mass is 9.85. The minimum Gasteiger partial charge on any atom is -0.256 e. The summed E-state index contributed by atoms with van der Waals surface area (Å²) in [7, 11) is 0. The normalized spacial score (nSPS) is 12.3. The Morgan fingerprint density at radius 2 is 1.83 bits per heavy atom. The second kappa shape index (κ2) is 7.23. The van der Waals surface area contributed by atoms with Crippen LogP contribution in [-0.2, 0) is 5.41 Å². The van der Waals surface area contributed by atoms with E-state index < -0.39 is 0 Å². The van der Waals surface area contributed by atoms with E-state index in [1.54, 1.807) is 11.8 Å². The fraction of sp³-hybridized carbons (Fsp3) is 0.192. The van der Waals surface area contributed by atoms with E-state index in [0.717, 1.165) is 5.69 Å². The Bertz CT molecular complexity index is 1430. The third kappa shape index (κ3) is 3.09. The molecule has 0 fully saturated rings. The van der Waals surface area contributed by atoms with E-state index in [9.17, 15) is 0 Å². The van der Waals surface area contributed by atoms with E-state index in [2.05, 4.69) is 76.1 Å². The number of aryl methyl sites for hydroxylation is 1. The lowest BCUT2D eigenvalue weighted by Gasteiger charge is -2.23. The van der Waals surface area contributed by atoms with E-state index in [1.165, 1.54) is 51.8 Å². The molecule has 30 heavy (non-hydrogen) atoms. The molecule has 3 aromatic heterocycles. The topological polar surface area (TPSA) is 12.9 Å². The molecule has 4 heteroatoms. The lowest BCUT2D eigenvalue weighted by Crippen LogP contribution is -2.12. The van der Waals surface area contributed by atoms with Crippen molar-refractivity contribution < 1.29 is 0 Å². The Morgan fingerprint density at radius 3 is 2.60 bits per heavy atom. The summed E-state index contributed by atoms with van der Waals surface area (Å²) < 4.78 is 4.01. The molecular formula is C26H23NS3. The number of hydrogen-bond acceptors (Lipinski definition) is 4. The van der Waals surface area contributed by atoms with Gasteiger partial charge < -0.3 is 0 Å². The summed E-state index contributed by atoms with van der Waals surface area (Å²) in [6.07, 6.45) is 1.95. The molecule has 0 aliphatic carbocycles. The molecular weight excluding hydrogens is 422 g/mol. The van der Waals surface area contributed by atoms with Gasteiger partial charge in [-0.25, -0.2) is 0 Å². The maximum Gasteiger partial charge on any atom is 0.0795 e. The van der Waals surface area contributed by atoms with Gasteiger partial charge in [-0.15, -0.1) is 22.7 Å². The number of pyridine rings is 1. The van der Waals surface area contributed by atoms with Crippen LogP contribution in [0.15, 0.2) is 64.9 Å². The molecule has 3 heterocycles. The average molecular weight is 446 g/mol. The van der Waals surface area contributed by atoms with Gasteiger partial charge >= 0.3 is 0 Å². The molecule has 1 nitrogen and oxygen atoms in total. The molecule has 0 atom stereocenters. The predicted octanol–water partition coefficient (Wildman–Crippen LogP) is 9.17. The molecule has 0 radical (unpaired) electrons. The molecule has 5 rings (SSSR count). The van der Waals surface area contributed by atoms with Gasteiger partial charge in [-0.1, -0.05) is 51.2 Å². The molecule has 5 aromatic rings. The number of fused-ring (bicyclic) bond motifs is 5. The van der Waals surface area contributed by atoms with Crippen molar-refractivity contribution in [3.63, 3.8) is 0 Å². The average Bonchev–Trinajstić information content (AvgIpc) is 3.28. The van der Waals surface area contributed by atoms with E-state index in [0.29, 0.717) is 0 Å². The number of aromatic nitrogens is 1. The summed E-state index contributed by atoms with van der Waals surface area (Å²) in [5.74, 6) is 0. The molecule has 0 saturated carbocycles. The standard InChI is InChI=1S/C26H23NS3/c1-6-28-19-9-7-16(13-18(19)26(3,4)5)24-22-21(11-12-27-24)30-20-10-8-17-15(2)14-29-25(17)23(20)22/h6-14H,1H2,2-5H3. The van der Waals surface area contributed by atoms with Crippen molar-refractivity contribution >= 4 is 64.7 Å². The molecule has 0 spiro atoms. The maximum atomic E-state index is 4.90. The van der Waals surface area contributed by atoms with Crippen LogP contribution >= 0.6 is 34.4 Å². The van der Waals surface area contributed by atoms with Gasteiger partial charge in [-0.3, -0.25) is 4.98 Å². The highest BCUT2D eigenvalue weighted by Gasteiger charge is 2.21. The van der Waals surface area contributed by atoms with Crippen LogP contribution in [0.4, 0.5) is 0 Å². The van der Waals surface area contributed by atoms with Crippen LogP contribution in [0.5, 0.6) is 0 Å². The van der Waals surface area contributed by atoms with Gasteiger partial charge in [0.25, 0.3) is 0 Å². The first-order valence-corrected chi connectivity index (χ1v) is 12.6. The summed E-state index contributed by atoms with van der Waals surface area (Å²) in [4.78, 5) is 6.16. The third-order valence-electron chi connectivity index (χ3n) is 5.55. The van der Waals surface area contributed by atoms with Crippen molar-refractivity contribution in [2.24, 2.45) is 0 Å². The monoisotopic (exact) mass is 445 g/mol. The van der Waals surface area contributed by atoms with Crippen LogP contribution < -0.4 is 0 Å². The van der Waals surface area contributed by atoms with Crippen LogP contribution in [0.1, 0.15) is 31.9 Å². The number of rotatable bonds is 3. The molecule has 2 aromatic carbocycles. The summed E-state index contributed by atoms with van der Waals surface area (Å²) in [5.41, 5.74) is 4.99. The van der Waals surface area contributed by atoms with Crippen LogP contribution in [0.3, 0.4) is 0 Å². The van der Waals surface area contributed by atoms with Gasteiger partial charge in [0.1, 0.15) is 0 Å². The van der Waals surface area contributed by atoms with Gasteiger partial charge in [0.15, 0.2) is 0 Å². The zero-order valence-corrected chi connectivity index (χ0v) is 20.0. The zero-order valence-electron chi connectivity index (χ0n) is 17.6. The van der Waals surface area contributed by atoms with Gasteiger partial charge in [-0.2, -0.15) is 0 Å². The fourth-order valence-corrected chi connectivity index (χ4v) is 7.19. The van der Waals surface area contributed by atoms with Crippen LogP contribution in [0, 0.1) is 6.92 Å². The van der Waals surface area contributed by atoms with Gasteiger partial charge in [0.2, 0.25) is 0 Å². The van der Waals surface area contributed by atoms with Crippen LogP contribution in [0.25, 0.3) is 41.5 Å². The van der Waals surface area contributed by atoms with Crippen LogP contribution in [-0.4, -0.2) is 4.98 Å². The van der Waals surface area contributed by atoms with Crippen molar-refractivity contribution in [2.75, 3.05) is 0 Å². The largest absolute Gasteiger partial charge is 0.256 e. The Labute approximate surface area is 189 Å². The van der Waals surface area contributed by atoms with E-state index >= 15 is 0 Å². The number of thiophene rings is 2. The second-order valence-corrected chi connectivity index (χ2v) is 11.6. The molecule has 0 amide bonds. The Morgan fingerprint density at radius 1 is 1.03 bits per heavy atom. The fourth-order valence-electron chi connectivity index (χ4n) is 4.09. The number of thioether (sulfide) groups is 1. The van der Waals surface area contributed by atoms with Crippen molar-refractivity contribution in [2.45, 2.75) is 38.0 Å². The molecule has 0 unspecified atom stereocenters.